The summed E-state index contributed by atoms with van der Waals surface area (Å²) in [6.45, 7) is 1.97. The first-order valence-corrected chi connectivity index (χ1v) is 8.46. The van der Waals surface area contributed by atoms with Gasteiger partial charge in [-0.3, -0.25) is 4.79 Å². The molecule has 116 valence electrons. The van der Waals surface area contributed by atoms with Crippen molar-refractivity contribution in [3.63, 3.8) is 0 Å². The standard InChI is InChI=1S/C17H20N2O2S/c1-12-18-15(10-22-12)13-5-4-6-14(9-13)16(21)19-17(11-20)7-2-3-8-17/h4-6,9-10,20H,2-3,7-8,11H2,1H3,(H,19,21). The molecular formula is C17H20N2O2S. The van der Waals surface area contributed by atoms with E-state index < -0.39 is 5.54 Å². The summed E-state index contributed by atoms with van der Waals surface area (Å²) in [5.41, 5.74) is 2.02. The molecule has 0 bridgehead atoms. The van der Waals surface area contributed by atoms with Crippen molar-refractivity contribution in [1.82, 2.24) is 10.3 Å². The average Bonchev–Trinajstić information content (AvgIpc) is 3.17. The van der Waals surface area contributed by atoms with Gasteiger partial charge in [0.05, 0.1) is 22.8 Å². The first-order chi connectivity index (χ1) is 10.6. The minimum absolute atomic E-state index is 0.00368. The van der Waals surface area contributed by atoms with E-state index in [1.807, 2.05) is 30.5 Å². The fraction of sp³-hybridized carbons (Fsp3) is 0.412. The fourth-order valence-corrected chi connectivity index (χ4v) is 3.63. The third-order valence-electron chi connectivity index (χ3n) is 4.28. The topological polar surface area (TPSA) is 62.2 Å². The number of benzene rings is 1. The average molecular weight is 316 g/mol. The van der Waals surface area contributed by atoms with E-state index in [1.165, 1.54) is 0 Å². The van der Waals surface area contributed by atoms with Crippen molar-refractivity contribution in [2.75, 3.05) is 6.61 Å². The summed E-state index contributed by atoms with van der Waals surface area (Å²) in [4.78, 5) is 17.0. The number of amides is 1. The molecule has 0 atom stereocenters. The molecule has 0 unspecified atom stereocenters. The Morgan fingerprint density at radius 3 is 2.82 bits per heavy atom. The Labute approximate surface area is 134 Å². The molecule has 1 fully saturated rings. The van der Waals surface area contributed by atoms with Crippen molar-refractivity contribution in [3.05, 3.63) is 40.2 Å². The molecule has 3 rings (SSSR count). The van der Waals surface area contributed by atoms with Crippen molar-refractivity contribution >= 4 is 17.2 Å². The highest BCUT2D eigenvalue weighted by molar-refractivity contribution is 7.09. The lowest BCUT2D eigenvalue weighted by atomic mass is 9.98. The molecule has 5 heteroatoms. The van der Waals surface area contributed by atoms with Crippen molar-refractivity contribution in [3.8, 4) is 11.3 Å². The number of aliphatic hydroxyl groups excluding tert-OH is 1. The fourth-order valence-electron chi connectivity index (χ4n) is 3.00. The van der Waals surface area contributed by atoms with Gasteiger partial charge in [0.25, 0.3) is 5.91 Å². The lowest BCUT2D eigenvalue weighted by molar-refractivity contribution is 0.0838. The molecule has 2 N–H and O–H groups in total. The second-order valence-electron chi connectivity index (χ2n) is 5.93. The van der Waals surface area contributed by atoms with Gasteiger partial charge in [0.2, 0.25) is 0 Å². The number of hydrogen-bond acceptors (Lipinski definition) is 4. The Kier molecular flexibility index (Phi) is 4.27. The lowest BCUT2D eigenvalue weighted by Gasteiger charge is -2.28. The molecule has 1 aliphatic rings. The van der Waals surface area contributed by atoms with Gasteiger partial charge in [0.1, 0.15) is 0 Å². The summed E-state index contributed by atoms with van der Waals surface area (Å²) in [6, 6.07) is 7.50. The van der Waals surface area contributed by atoms with Gasteiger partial charge >= 0.3 is 0 Å². The Hall–Kier alpha value is -1.72. The number of hydrogen-bond donors (Lipinski definition) is 2. The molecule has 1 aliphatic carbocycles. The third-order valence-corrected chi connectivity index (χ3v) is 5.06. The van der Waals surface area contributed by atoms with E-state index in [9.17, 15) is 9.90 Å². The Balaban J connectivity index is 1.81. The predicted molar refractivity (Wildman–Crippen MR) is 88.0 cm³/mol. The summed E-state index contributed by atoms with van der Waals surface area (Å²) in [7, 11) is 0. The van der Waals surface area contributed by atoms with Crippen LogP contribution in [0.2, 0.25) is 0 Å². The van der Waals surface area contributed by atoms with E-state index in [-0.39, 0.29) is 12.5 Å². The molecule has 1 aromatic carbocycles. The van der Waals surface area contributed by atoms with Crippen LogP contribution in [0.25, 0.3) is 11.3 Å². The molecule has 1 amide bonds. The second kappa shape index (κ2) is 6.18. The number of aryl methyl sites for hydroxylation is 1. The third kappa shape index (κ3) is 3.05. The molecule has 1 saturated carbocycles. The van der Waals surface area contributed by atoms with Gasteiger partial charge in [-0.05, 0) is 31.9 Å². The summed E-state index contributed by atoms with van der Waals surface area (Å²) in [5.74, 6) is -0.121. The van der Waals surface area contributed by atoms with Gasteiger partial charge in [-0.2, -0.15) is 0 Å². The van der Waals surface area contributed by atoms with Crippen LogP contribution in [0, 0.1) is 6.92 Å². The number of aliphatic hydroxyl groups is 1. The smallest absolute Gasteiger partial charge is 0.251 e. The second-order valence-corrected chi connectivity index (χ2v) is 6.99. The minimum Gasteiger partial charge on any atom is -0.394 e. The van der Waals surface area contributed by atoms with Gasteiger partial charge in [0, 0.05) is 16.5 Å². The van der Waals surface area contributed by atoms with Crippen molar-refractivity contribution < 1.29 is 9.90 Å². The maximum Gasteiger partial charge on any atom is 0.251 e. The SMILES string of the molecule is Cc1nc(-c2cccc(C(=O)NC3(CO)CCCC3)c2)cs1. The predicted octanol–water partition coefficient (Wildman–Crippen LogP) is 3.15. The van der Waals surface area contributed by atoms with E-state index in [4.69, 9.17) is 0 Å². The molecule has 0 saturated heterocycles. The molecule has 0 radical (unpaired) electrons. The number of rotatable bonds is 4. The van der Waals surface area contributed by atoms with Crippen LogP contribution in [0.1, 0.15) is 41.0 Å². The van der Waals surface area contributed by atoms with E-state index >= 15 is 0 Å². The van der Waals surface area contributed by atoms with Crippen LogP contribution in [0.3, 0.4) is 0 Å². The summed E-state index contributed by atoms with van der Waals surface area (Å²) >= 11 is 1.60. The van der Waals surface area contributed by atoms with E-state index in [0.717, 1.165) is 41.9 Å². The Morgan fingerprint density at radius 1 is 1.41 bits per heavy atom. The number of nitrogens with zero attached hydrogens (tertiary/aromatic N) is 1. The molecule has 0 spiro atoms. The van der Waals surface area contributed by atoms with Crippen molar-refractivity contribution in [2.24, 2.45) is 0 Å². The zero-order chi connectivity index (χ0) is 15.6. The summed E-state index contributed by atoms with van der Waals surface area (Å²) < 4.78 is 0. The minimum atomic E-state index is -0.440. The molecule has 22 heavy (non-hydrogen) atoms. The largest absolute Gasteiger partial charge is 0.394 e. The van der Waals surface area contributed by atoms with E-state index in [1.54, 1.807) is 17.4 Å². The molecule has 4 nitrogen and oxygen atoms in total. The first-order valence-electron chi connectivity index (χ1n) is 7.58. The van der Waals surface area contributed by atoms with Gasteiger partial charge in [-0.1, -0.05) is 25.0 Å². The maximum absolute atomic E-state index is 12.5. The van der Waals surface area contributed by atoms with Gasteiger partial charge in [0.15, 0.2) is 0 Å². The monoisotopic (exact) mass is 316 g/mol. The number of thiazole rings is 1. The number of carbonyl (C=O) groups excluding carboxylic acids is 1. The number of nitrogens with one attached hydrogen (secondary N) is 1. The number of carbonyl (C=O) groups is 1. The van der Waals surface area contributed by atoms with Crippen LogP contribution in [0.5, 0.6) is 0 Å². The van der Waals surface area contributed by atoms with Gasteiger partial charge in [-0.25, -0.2) is 4.98 Å². The highest BCUT2D eigenvalue weighted by Gasteiger charge is 2.34. The Bertz CT molecular complexity index is 675. The van der Waals surface area contributed by atoms with Crippen molar-refractivity contribution in [1.29, 1.82) is 0 Å². The van der Waals surface area contributed by atoms with E-state index in [2.05, 4.69) is 10.3 Å². The Morgan fingerprint density at radius 2 is 2.18 bits per heavy atom. The lowest BCUT2D eigenvalue weighted by Crippen LogP contribution is -2.49. The molecule has 2 aromatic rings. The zero-order valence-corrected chi connectivity index (χ0v) is 13.4. The van der Waals surface area contributed by atoms with Crippen molar-refractivity contribution in [2.45, 2.75) is 38.1 Å². The molecule has 1 aromatic heterocycles. The van der Waals surface area contributed by atoms with Crippen LogP contribution in [0.15, 0.2) is 29.6 Å². The van der Waals surface area contributed by atoms with Crippen LogP contribution in [0.4, 0.5) is 0 Å². The molecule has 0 aliphatic heterocycles. The van der Waals surface area contributed by atoms with Gasteiger partial charge in [-0.15, -0.1) is 11.3 Å². The molecular weight excluding hydrogens is 296 g/mol. The zero-order valence-electron chi connectivity index (χ0n) is 12.6. The quantitative estimate of drug-likeness (QED) is 0.911. The maximum atomic E-state index is 12.5. The normalized spacial score (nSPS) is 16.6. The van der Waals surface area contributed by atoms with Crippen LogP contribution in [-0.2, 0) is 0 Å². The summed E-state index contributed by atoms with van der Waals surface area (Å²) in [5, 5.41) is 15.7. The highest BCUT2D eigenvalue weighted by Crippen LogP contribution is 2.30. The van der Waals surface area contributed by atoms with Gasteiger partial charge < -0.3 is 10.4 Å². The summed E-state index contributed by atoms with van der Waals surface area (Å²) in [6.07, 6.45) is 3.80. The number of aromatic nitrogens is 1. The first kappa shape index (κ1) is 15.2. The van der Waals surface area contributed by atoms with E-state index in [0.29, 0.717) is 5.56 Å². The van der Waals surface area contributed by atoms with Crippen LogP contribution >= 0.6 is 11.3 Å². The highest BCUT2D eigenvalue weighted by atomic mass is 32.1. The molecule has 1 heterocycles. The van der Waals surface area contributed by atoms with Crippen LogP contribution < -0.4 is 5.32 Å². The van der Waals surface area contributed by atoms with Crippen LogP contribution in [-0.4, -0.2) is 28.1 Å².